The summed E-state index contributed by atoms with van der Waals surface area (Å²) in [5, 5.41) is 8.82. The zero-order valence-corrected chi connectivity index (χ0v) is 16.2. The summed E-state index contributed by atoms with van der Waals surface area (Å²) in [7, 11) is 0. The van der Waals surface area contributed by atoms with Crippen LogP contribution in [0, 0.1) is 5.82 Å². The Hall–Kier alpha value is -3.65. The first-order valence-corrected chi connectivity index (χ1v) is 9.67. The summed E-state index contributed by atoms with van der Waals surface area (Å²) in [5.74, 6) is -1.50. The number of carbonyl (C=O) groups excluding carboxylic acids is 2. The lowest BCUT2D eigenvalue weighted by molar-refractivity contribution is -0.123. The molecule has 1 N–H and O–H groups in total. The van der Waals surface area contributed by atoms with E-state index in [1.807, 2.05) is 0 Å². The Morgan fingerprint density at radius 1 is 1.07 bits per heavy atom. The van der Waals surface area contributed by atoms with Crippen LogP contribution in [0.2, 0.25) is 0 Å². The third kappa shape index (κ3) is 3.77. The van der Waals surface area contributed by atoms with Gasteiger partial charge in [-0.1, -0.05) is 36.4 Å². The van der Waals surface area contributed by atoms with Gasteiger partial charge in [-0.3, -0.25) is 14.5 Å². The number of furan rings is 1. The summed E-state index contributed by atoms with van der Waals surface area (Å²) >= 11 is 0.737. The van der Waals surface area contributed by atoms with Crippen LogP contribution in [0.15, 0.2) is 70.0 Å². The van der Waals surface area contributed by atoms with Gasteiger partial charge in [0.1, 0.15) is 17.3 Å². The number of halogens is 1. The SMILES string of the molecule is O=C(O)c1ccccc1-c1ccc(/C=C2\SC(=O)N(Cc3ccccc3F)C2=O)o1. The summed E-state index contributed by atoms with van der Waals surface area (Å²) in [4.78, 5) is 37.4. The number of thioether (sulfide) groups is 1. The van der Waals surface area contributed by atoms with E-state index in [-0.39, 0.29) is 22.6 Å². The van der Waals surface area contributed by atoms with Gasteiger partial charge in [-0.2, -0.15) is 0 Å². The zero-order chi connectivity index (χ0) is 21.3. The maximum absolute atomic E-state index is 13.9. The van der Waals surface area contributed by atoms with Gasteiger partial charge in [0.25, 0.3) is 11.1 Å². The highest BCUT2D eigenvalue weighted by molar-refractivity contribution is 8.18. The first-order chi connectivity index (χ1) is 14.4. The van der Waals surface area contributed by atoms with Crippen LogP contribution in [0.3, 0.4) is 0 Å². The number of benzene rings is 2. The number of aromatic carboxylic acids is 1. The second kappa shape index (κ2) is 8.00. The number of amides is 2. The van der Waals surface area contributed by atoms with Crippen molar-refractivity contribution >= 4 is 35.0 Å². The van der Waals surface area contributed by atoms with Crippen molar-refractivity contribution < 1.29 is 28.3 Å². The molecule has 1 saturated heterocycles. The molecule has 3 aromatic rings. The number of imide groups is 1. The smallest absolute Gasteiger partial charge is 0.336 e. The Morgan fingerprint density at radius 2 is 1.80 bits per heavy atom. The molecule has 2 aromatic carbocycles. The monoisotopic (exact) mass is 423 g/mol. The lowest BCUT2D eigenvalue weighted by Gasteiger charge is -2.12. The van der Waals surface area contributed by atoms with Crippen LogP contribution in [0.25, 0.3) is 17.4 Å². The Balaban J connectivity index is 1.58. The average Bonchev–Trinajstić information content (AvgIpc) is 3.30. The Kier molecular flexibility index (Phi) is 5.24. The first-order valence-electron chi connectivity index (χ1n) is 8.85. The van der Waals surface area contributed by atoms with Gasteiger partial charge in [0.05, 0.1) is 17.0 Å². The third-order valence-corrected chi connectivity index (χ3v) is 5.39. The molecule has 30 heavy (non-hydrogen) atoms. The van der Waals surface area contributed by atoms with Crippen LogP contribution in [-0.2, 0) is 11.3 Å². The molecule has 8 heteroatoms. The maximum atomic E-state index is 13.9. The maximum Gasteiger partial charge on any atom is 0.336 e. The predicted molar refractivity (Wildman–Crippen MR) is 109 cm³/mol. The van der Waals surface area contributed by atoms with Gasteiger partial charge in [0, 0.05) is 17.2 Å². The molecule has 0 atom stereocenters. The number of hydrogen-bond acceptors (Lipinski definition) is 5. The van der Waals surface area contributed by atoms with E-state index in [9.17, 15) is 23.9 Å². The van der Waals surface area contributed by atoms with E-state index in [2.05, 4.69) is 0 Å². The molecule has 0 radical (unpaired) electrons. The normalized spacial score (nSPS) is 15.2. The minimum absolute atomic E-state index is 0.0867. The molecule has 0 aliphatic carbocycles. The van der Waals surface area contributed by atoms with Crippen molar-refractivity contribution in [2.24, 2.45) is 0 Å². The standard InChI is InChI=1S/C22H14FNO5S/c23-17-8-4-1-5-13(17)12-24-20(25)19(30-22(24)28)11-14-9-10-18(29-14)15-6-2-3-7-16(15)21(26)27/h1-11H,12H2,(H,26,27)/b19-11-. The number of carboxylic acids is 1. The topological polar surface area (TPSA) is 87.8 Å². The van der Waals surface area contributed by atoms with Crippen LogP contribution in [0.5, 0.6) is 0 Å². The van der Waals surface area contributed by atoms with Gasteiger partial charge in [-0.25, -0.2) is 9.18 Å². The molecule has 1 aliphatic rings. The molecule has 1 aromatic heterocycles. The number of carbonyl (C=O) groups is 3. The van der Waals surface area contributed by atoms with Crippen LogP contribution >= 0.6 is 11.8 Å². The molecule has 4 rings (SSSR count). The van der Waals surface area contributed by atoms with Gasteiger partial charge in [-0.15, -0.1) is 0 Å². The minimum Gasteiger partial charge on any atom is -0.478 e. The largest absolute Gasteiger partial charge is 0.478 e. The number of hydrogen-bond donors (Lipinski definition) is 1. The van der Waals surface area contributed by atoms with E-state index in [1.165, 1.54) is 30.3 Å². The van der Waals surface area contributed by atoms with Crippen LogP contribution < -0.4 is 0 Å². The number of nitrogens with zero attached hydrogens (tertiary/aromatic N) is 1. The molecular formula is C22H14FNO5S. The molecule has 0 unspecified atom stereocenters. The van der Waals surface area contributed by atoms with Gasteiger partial charge < -0.3 is 9.52 Å². The molecule has 0 bridgehead atoms. The van der Waals surface area contributed by atoms with E-state index in [4.69, 9.17) is 4.42 Å². The predicted octanol–water partition coefficient (Wildman–Crippen LogP) is 5.02. The molecule has 2 heterocycles. The lowest BCUT2D eigenvalue weighted by atomic mass is 10.1. The molecule has 2 amide bonds. The molecule has 6 nitrogen and oxygen atoms in total. The second-order valence-corrected chi connectivity index (χ2v) is 7.41. The first kappa shape index (κ1) is 19.7. The van der Waals surface area contributed by atoms with Crippen molar-refractivity contribution in [3.63, 3.8) is 0 Å². The van der Waals surface area contributed by atoms with E-state index in [0.29, 0.717) is 17.1 Å². The number of rotatable bonds is 5. The molecule has 150 valence electrons. The van der Waals surface area contributed by atoms with Crippen molar-refractivity contribution in [1.29, 1.82) is 0 Å². The molecule has 1 fully saturated rings. The Bertz CT molecular complexity index is 1200. The quantitative estimate of drug-likeness (QED) is 0.580. The fourth-order valence-electron chi connectivity index (χ4n) is 3.02. The van der Waals surface area contributed by atoms with Gasteiger partial charge in [0.15, 0.2) is 0 Å². The Morgan fingerprint density at radius 3 is 2.57 bits per heavy atom. The van der Waals surface area contributed by atoms with Crippen LogP contribution in [0.1, 0.15) is 21.7 Å². The number of carboxylic acid groups (broad SMARTS) is 1. The van der Waals surface area contributed by atoms with E-state index in [1.54, 1.807) is 36.4 Å². The summed E-state index contributed by atoms with van der Waals surface area (Å²) < 4.78 is 19.6. The van der Waals surface area contributed by atoms with Gasteiger partial charge >= 0.3 is 5.97 Å². The summed E-state index contributed by atoms with van der Waals surface area (Å²) in [5.41, 5.74) is 0.729. The third-order valence-electron chi connectivity index (χ3n) is 4.48. The summed E-state index contributed by atoms with van der Waals surface area (Å²) in [6.45, 7) is -0.163. The van der Waals surface area contributed by atoms with E-state index in [0.717, 1.165) is 16.7 Å². The van der Waals surface area contributed by atoms with E-state index < -0.39 is 22.9 Å². The summed E-state index contributed by atoms with van der Waals surface area (Å²) in [6.07, 6.45) is 1.42. The van der Waals surface area contributed by atoms with Crippen molar-refractivity contribution in [2.75, 3.05) is 0 Å². The summed E-state index contributed by atoms with van der Waals surface area (Å²) in [6, 6.07) is 15.5. The molecule has 0 spiro atoms. The fraction of sp³-hybridized carbons (Fsp3) is 0.0455. The van der Waals surface area contributed by atoms with Crippen molar-refractivity contribution in [1.82, 2.24) is 4.90 Å². The van der Waals surface area contributed by atoms with Gasteiger partial charge in [0.2, 0.25) is 0 Å². The van der Waals surface area contributed by atoms with Crippen LogP contribution in [0.4, 0.5) is 9.18 Å². The molecule has 0 saturated carbocycles. The highest BCUT2D eigenvalue weighted by Gasteiger charge is 2.35. The zero-order valence-electron chi connectivity index (χ0n) is 15.4. The average molecular weight is 423 g/mol. The van der Waals surface area contributed by atoms with Crippen LogP contribution in [-0.4, -0.2) is 27.1 Å². The highest BCUT2D eigenvalue weighted by Crippen LogP contribution is 2.35. The van der Waals surface area contributed by atoms with Crippen molar-refractivity contribution in [3.05, 3.63) is 88.3 Å². The second-order valence-electron chi connectivity index (χ2n) is 6.41. The van der Waals surface area contributed by atoms with Crippen molar-refractivity contribution in [3.8, 4) is 11.3 Å². The highest BCUT2D eigenvalue weighted by atomic mass is 32.2. The Labute approximate surface area is 174 Å². The fourth-order valence-corrected chi connectivity index (χ4v) is 3.84. The molecule has 1 aliphatic heterocycles. The minimum atomic E-state index is -1.09. The van der Waals surface area contributed by atoms with E-state index >= 15 is 0 Å². The molecular weight excluding hydrogens is 409 g/mol. The lowest BCUT2D eigenvalue weighted by Crippen LogP contribution is -2.27. The van der Waals surface area contributed by atoms with Crippen molar-refractivity contribution in [2.45, 2.75) is 6.54 Å². The van der Waals surface area contributed by atoms with Gasteiger partial charge in [-0.05, 0) is 36.0 Å².